The zero-order chi connectivity index (χ0) is 22.8. The van der Waals surface area contributed by atoms with Gasteiger partial charge in [0.05, 0.1) is 30.1 Å². The maximum absolute atomic E-state index is 12.5. The van der Waals surface area contributed by atoms with Gasteiger partial charge in [0.25, 0.3) is 0 Å². The van der Waals surface area contributed by atoms with Crippen molar-refractivity contribution >= 4 is 34.7 Å². The molecule has 3 rings (SSSR count). The molecule has 0 saturated carbocycles. The van der Waals surface area contributed by atoms with Crippen LogP contribution in [0.5, 0.6) is 0 Å². The Hall–Kier alpha value is -3.43. The van der Waals surface area contributed by atoms with E-state index in [1.54, 1.807) is 46.0 Å². The first-order chi connectivity index (χ1) is 14.6. The molecule has 31 heavy (non-hydrogen) atoms. The minimum absolute atomic E-state index is 0.197. The standard InChI is InChI=1S/C21H27N5O5/c1-21(2,3)31-20(29)26-9-14(18(27)22-4)15(10-26)25-17-12-7-6-8-13(19(28)30-5)16(12)23-11-24-17/h6-8,11,14-15H,9-10H2,1-5H3,(H,22,27)(H,23,24,25)/t14?,15-/m0/s1. The Bertz CT molecular complexity index is 1000. The van der Waals surface area contributed by atoms with Crippen LogP contribution < -0.4 is 10.6 Å². The maximum Gasteiger partial charge on any atom is 0.410 e. The molecular weight excluding hydrogens is 402 g/mol. The number of carbonyl (C=O) groups excluding carboxylic acids is 3. The van der Waals surface area contributed by atoms with Crippen LogP contribution in [0.3, 0.4) is 0 Å². The third-order valence-corrected chi connectivity index (χ3v) is 4.95. The van der Waals surface area contributed by atoms with E-state index in [9.17, 15) is 14.4 Å². The van der Waals surface area contributed by atoms with Crippen LogP contribution in [0.2, 0.25) is 0 Å². The van der Waals surface area contributed by atoms with Gasteiger partial charge >= 0.3 is 12.1 Å². The minimum atomic E-state index is -0.641. The van der Waals surface area contributed by atoms with Crippen LogP contribution in [0.1, 0.15) is 31.1 Å². The van der Waals surface area contributed by atoms with E-state index in [2.05, 4.69) is 20.6 Å². The number of carbonyl (C=O) groups is 3. The number of fused-ring (bicyclic) bond motifs is 1. The molecular formula is C21H27N5O5. The second-order valence-electron chi connectivity index (χ2n) is 8.27. The number of ether oxygens (including phenoxy) is 2. The predicted molar refractivity (Wildman–Crippen MR) is 114 cm³/mol. The van der Waals surface area contributed by atoms with Gasteiger partial charge in [0.1, 0.15) is 17.7 Å². The van der Waals surface area contributed by atoms with Crippen LogP contribution in [0.15, 0.2) is 24.5 Å². The van der Waals surface area contributed by atoms with Gasteiger partial charge in [-0.2, -0.15) is 0 Å². The number of likely N-dealkylation sites (tertiary alicyclic amines) is 1. The number of rotatable bonds is 4. The second-order valence-corrected chi connectivity index (χ2v) is 8.27. The lowest BCUT2D eigenvalue weighted by atomic mass is 10.0. The number of hydrogen-bond donors (Lipinski definition) is 2. The van der Waals surface area contributed by atoms with E-state index in [1.807, 2.05) is 0 Å². The summed E-state index contributed by atoms with van der Waals surface area (Å²) >= 11 is 0. The summed E-state index contributed by atoms with van der Waals surface area (Å²) in [6, 6.07) is 4.70. The monoisotopic (exact) mass is 429 g/mol. The number of anilines is 1. The van der Waals surface area contributed by atoms with Crippen LogP contribution in [0.25, 0.3) is 10.9 Å². The van der Waals surface area contributed by atoms with Gasteiger partial charge in [0.2, 0.25) is 5.91 Å². The van der Waals surface area contributed by atoms with Gasteiger partial charge in [-0.05, 0) is 32.9 Å². The summed E-state index contributed by atoms with van der Waals surface area (Å²) < 4.78 is 10.3. The van der Waals surface area contributed by atoms with E-state index in [1.165, 1.54) is 18.3 Å². The molecule has 1 unspecified atom stereocenters. The quantitative estimate of drug-likeness (QED) is 0.706. The highest BCUT2D eigenvalue weighted by Gasteiger charge is 2.41. The summed E-state index contributed by atoms with van der Waals surface area (Å²) in [5, 5.41) is 6.52. The fraction of sp³-hybridized carbons (Fsp3) is 0.476. The number of nitrogens with one attached hydrogen (secondary N) is 2. The average Bonchev–Trinajstić information content (AvgIpc) is 3.15. The van der Waals surface area contributed by atoms with Crippen molar-refractivity contribution in [2.24, 2.45) is 5.92 Å². The number of amides is 2. The first-order valence-electron chi connectivity index (χ1n) is 9.92. The van der Waals surface area contributed by atoms with Crippen molar-refractivity contribution in [3.63, 3.8) is 0 Å². The summed E-state index contributed by atoms with van der Waals surface area (Å²) in [7, 11) is 2.86. The van der Waals surface area contributed by atoms with E-state index in [-0.39, 0.29) is 19.0 Å². The fourth-order valence-corrected chi connectivity index (χ4v) is 3.53. The van der Waals surface area contributed by atoms with Crippen molar-refractivity contribution in [1.29, 1.82) is 0 Å². The molecule has 1 aliphatic heterocycles. The molecule has 1 aliphatic rings. The van der Waals surface area contributed by atoms with Crippen molar-refractivity contribution in [2.75, 3.05) is 32.6 Å². The van der Waals surface area contributed by atoms with E-state index in [0.717, 1.165) is 0 Å². The lowest BCUT2D eigenvalue weighted by molar-refractivity contribution is -0.124. The molecule has 1 fully saturated rings. The first-order valence-corrected chi connectivity index (χ1v) is 9.92. The molecule has 0 bridgehead atoms. The highest BCUT2D eigenvalue weighted by Crippen LogP contribution is 2.27. The number of hydrogen-bond acceptors (Lipinski definition) is 8. The van der Waals surface area contributed by atoms with Gasteiger partial charge in [0, 0.05) is 25.5 Å². The Morgan fingerprint density at radius 3 is 2.55 bits per heavy atom. The zero-order valence-corrected chi connectivity index (χ0v) is 18.3. The van der Waals surface area contributed by atoms with Gasteiger partial charge in [-0.15, -0.1) is 0 Å². The largest absolute Gasteiger partial charge is 0.465 e. The fourth-order valence-electron chi connectivity index (χ4n) is 3.53. The summed E-state index contributed by atoms with van der Waals surface area (Å²) in [5.74, 6) is -0.750. The number of nitrogens with zero attached hydrogens (tertiary/aromatic N) is 3. The topological polar surface area (TPSA) is 123 Å². The van der Waals surface area contributed by atoms with Crippen LogP contribution >= 0.6 is 0 Å². The molecule has 10 heteroatoms. The van der Waals surface area contributed by atoms with Gasteiger partial charge in [-0.25, -0.2) is 19.6 Å². The van der Waals surface area contributed by atoms with Gasteiger partial charge < -0.3 is 25.0 Å². The molecule has 1 aromatic carbocycles. The van der Waals surface area contributed by atoms with Crippen molar-refractivity contribution in [2.45, 2.75) is 32.4 Å². The van der Waals surface area contributed by atoms with E-state index in [4.69, 9.17) is 9.47 Å². The van der Waals surface area contributed by atoms with E-state index in [0.29, 0.717) is 22.3 Å². The Morgan fingerprint density at radius 2 is 1.90 bits per heavy atom. The van der Waals surface area contributed by atoms with Crippen LogP contribution in [-0.2, 0) is 14.3 Å². The lowest BCUT2D eigenvalue weighted by Crippen LogP contribution is -2.39. The molecule has 1 saturated heterocycles. The number of methoxy groups -OCH3 is 1. The maximum atomic E-state index is 12.5. The first kappa shape index (κ1) is 22.3. The molecule has 10 nitrogen and oxygen atoms in total. The minimum Gasteiger partial charge on any atom is -0.465 e. The van der Waals surface area contributed by atoms with Gasteiger partial charge in [-0.1, -0.05) is 6.07 Å². The molecule has 0 spiro atoms. The number of benzene rings is 1. The molecule has 1 aromatic heterocycles. The molecule has 2 heterocycles. The number of para-hydroxylation sites is 1. The normalized spacial score (nSPS) is 18.5. The Kier molecular flexibility index (Phi) is 6.28. The molecule has 0 aliphatic carbocycles. The SMILES string of the molecule is CNC(=O)C1CN(C(=O)OC(C)(C)C)C[C@@H]1Nc1ncnc2c(C(=O)OC)cccc12. The molecule has 2 atom stereocenters. The predicted octanol–water partition coefficient (Wildman–Crippen LogP) is 1.81. The van der Waals surface area contributed by atoms with E-state index < -0.39 is 29.6 Å². The lowest BCUT2D eigenvalue weighted by Gasteiger charge is -2.24. The Labute approximate surface area is 180 Å². The van der Waals surface area contributed by atoms with Crippen LogP contribution in [0.4, 0.5) is 10.6 Å². The molecule has 2 amide bonds. The van der Waals surface area contributed by atoms with Crippen molar-refractivity contribution < 1.29 is 23.9 Å². The van der Waals surface area contributed by atoms with Crippen LogP contribution in [0, 0.1) is 5.92 Å². The molecule has 0 radical (unpaired) electrons. The van der Waals surface area contributed by atoms with Gasteiger partial charge in [0.15, 0.2) is 0 Å². The zero-order valence-electron chi connectivity index (χ0n) is 18.3. The van der Waals surface area contributed by atoms with Crippen molar-refractivity contribution in [1.82, 2.24) is 20.2 Å². The summed E-state index contributed by atoms with van der Waals surface area (Å²) in [5.41, 5.74) is 0.110. The summed E-state index contributed by atoms with van der Waals surface area (Å²) in [4.78, 5) is 47.2. The van der Waals surface area contributed by atoms with E-state index >= 15 is 0 Å². The van der Waals surface area contributed by atoms with Crippen LogP contribution in [-0.4, -0.2) is 71.7 Å². The highest BCUT2D eigenvalue weighted by atomic mass is 16.6. The molecule has 2 aromatic rings. The molecule has 2 N–H and O–H groups in total. The average molecular weight is 429 g/mol. The summed E-state index contributed by atoms with van der Waals surface area (Å²) in [6.45, 7) is 5.84. The third-order valence-electron chi connectivity index (χ3n) is 4.95. The second kappa shape index (κ2) is 8.75. The molecule has 166 valence electrons. The Morgan fingerprint density at radius 1 is 1.16 bits per heavy atom. The Balaban J connectivity index is 1.91. The van der Waals surface area contributed by atoms with Crippen molar-refractivity contribution in [3.05, 3.63) is 30.1 Å². The highest BCUT2D eigenvalue weighted by molar-refractivity contribution is 6.05. The van der Waals surface area contributed by atoms with Gasteiger partial charge in [-0.3, -0.25) is 4.79 Å². The number of aromatic nitrogens is 2. The summed E-state index contributed by atoms with van der Waals surface area (Å²) in [6.07, 6.45) is 0.860. The van der Waals surface area contributed by atoms with Crippen molar-refractivity contribution in [3.8, 4) is 0 Å². The third kappa shape index (κ3) is 4.84. The number of esters is 1. The smallest absolute Gasteiger partial charge is 0.410 e.